The number of hydrogen-bond acceptors (Lipinski definition) is 4. The second-order valence-electron chi connectivity index (χ2n) is 7.67. The van der Waals surface area contributed by atoms with Crippen molar-refractivity contribution in [3.63, 3.8) is 0 Å². The van der Waals surface area contributed by atoms with Gasteiger partial charge in [-0.25, -0.2) is 0 Å². The van der Waals surface area contributed by atoms with Crippen LogP contribution in [0.15, 0.2) is 30.3 Å². The molecule has 5 nitrogen and oxygen atoms in total. The van der Waals surface area contributed by atoms with E-state index in [-0.39, 0.29) is 17.6 Å². The van der Waals surface area contributed by atoms with Crippen molar-refractivity contribution < 1.29 is 14.3 Å². The molecule has 1 spiro atoms. The summed E-state index contributed by atoms with van der Waals surface area (Å²) in [5, 5.41) is 0. The van der Waals surface area contributed by atoms with Crippen molar-refractivity contribution in [2.75, 3.05) is 46.4 Å². The van der Waals surface area contributed by atoms with Crippen LogP contribution in [0, 0.1) is 0 Å². The predicted molar refractivity (Wildman–Crippen MR) is 95.5 cm³/mol. The Balaban J connectivity index is 1.42. The minimum Gasteiger partial charge on any atom is -0.377 e. The van der Waals surface area contributed by atoms with Gasteiger partial charge in [-0.05, 0) is 24.8 Å². The summed E-state index contributed by atoms with van der Waals surface area (Å²) < 4.78 is 12.1. The monoisotopic (exact) mass is 344 g/mol. The van der Waals surface area contributed by atoms with Gasteiger partial charge in [0.1, 0.15) is 5.60 Å². The first kappa shape index (κ1) is 17.0. The lowest BCUT2D eigenvalue weighted by Crippen LogP contribution is -2.42. The smallest absolute Gasteiger partial charge is 0.236 e. The molecule has 0 aliphatic carbocycles. The molecule has 0 bridgehead atoms. The van der Waals surface area contributed by atoms with Crippen molar-refractivity contribution in [2.24, 2.45) is 0 Å². The second kappa shape index (κ2) is 7.06. The number of benzene rings is 1. The molecule has 1 aromatic carbocycles. The number of likely N-dealkylation sites (tertiary alicyclic amines) is 2. The number of carbonyl (C=O) groups is 1. The zero-order valence-corrected chi connectivity index (χ0v) is 15.0. The standard InChI is InChI=1S/C20H28N2O3/c1-24-18-12-21(13-19(23)22-9-5-6-10-22)15-20(18)11-17(14-25-20)16-7-3-2-4-8-16/h2-4,7-8,17-18H,5-6,9-15H2,1H3/t17-,18-,20-/m1/s1. The van der Waals surface area contributed by atoms with Crippen LogP contribution in [0.4, 0.5) is 0 Å². The van der Waals surface area contributed by atoms with Crippen LogP contribution >= 0.6 is 0 Å². The Labute approximate surface area is 149 Å². The molecule has 1 amide bonds. The number of hydrogen-bond donors (Lipinski definition) is 0. The summed E-state index contributed by atoms with van der Waals surface area (Å²) in [7, 11) is 1.76. The van der Waals surface area contributed by atoms with Gasteiger partial charge in [0.05, 0.1) is 19.3 Å². The number of carbonyl (C=O) groups excluding carboxylic acids is 1. The van der Waals surface area contributed by atoms with Gasteiger partial charge < -0.3 is 14.4 Å². The number of amides is 1. The van der Waals surface area contributed by atoms with Crippen molar-refractivity contribution >= 4 is 5.91 Å². The Morgan fingerprint density at radius 1 is 1.28 bits per heavy atom. The van der Waals surface area contributed by atoms with E-state index in [9.17, 15) is 4.79 Å². The molecule has 25 heavy (non-hydrogen) atoms. The molecule has 3 saturated heterocycles. The average Bonchev–Trinajstić information content (AvgIpc) is 3.37. The molecule has 3 atom stereocenters. The molecule has 0 N–H and O–H groups in total. The average molecular weight is 344 g/mol. The number of nitrogens with zero attached hydrogens (tertiary/aromatic N) is 2. The van der Waals surface area contributed by atoms with Gasteiger partial charge in [0.15, 0.2) is 0 Å². The highest BCUT2D eigenvalue weighted by molar-refractivity contribution is 5.78. The highest BCUT2D eigenvalue weighted by atomic mass is 16.6. The summed E-state index contributed by atoms with van der Waals surface area (Å²) >= 11 is 0. The third-order valence-corrected chi connectivity index (χ3v) is 6.04. The SMILES string of the molecule is CO[C@@H]1CN(CC(=O)N2CCCC2)C[C@]12C[C@@H](c1ccccc1)CO2. The van der Waals surface area contributed by atoms with E-state index in [4.69, 9.17) is 9.47 Å². The summed E-state index contributed by atoms with van der Waals surface area (Å²) in [4.78, 5) is 16.7. The Morgan fingerprint density at radius 2 is 2.04 bits per heavy atom. The van der Waals surface area contributed by atoms with E-state index in [1.807, 2.05) is 11.0 Å². The topological polar surface area (TPSA) is 42.0 Å². The van der Waals surface area contributed by atoms with E-state index in [1.54, 1.807) is 7.11 Å². The van der Waals surface area contributed by atoms with Crippen molar-refractivity contribution in [3.8, 4) is 0 Å². The molecule has 0 saturated carbocycles. The molecule has 136 valence electrons. The predicted octanol–water partition coefficient (Wildman–Crippen LogP) is 1.88. The zero-order chi connectivity index (χ0) is 17.3. The van der Waals surface area contributed by atoms with Gasteiger partial charge in [-0.1, -0.05) is 30.3 Å². The molecule has 0 unspecified atom stereocenters. The Kier molecular flexibility index (Phi) is 4.80. The maximum atomic E-state index is 12.5. The molecule has 1 aromatic rings. The summed E-state index contributed by atoms with van der Waals surface area (Å²) in [6, 6.07) is 10.6. The Bertz CT molecular complexity index is 602. The number of rotatable bonds is 4. The fourth-order valence-electron chi connectivity index (χ4n) is 4.69. The molecule has 3 heterocycles. The highest BCUT2D eigenvalue weighted by Crippen LogP contribution is 2.43. The minimum atomic E-state index is -0.277. The third-order valence-electron chi connectivity index (χ3n) is 6.04. The van der Waals surface area contributed by atoms with Gasteiger partial charge >= 0.3 is 0 Å². The van der Waals surface area contributed by atoms with Gasteiger partial charge in [0.2, 0.25) is 5.91 Å². The van der Waals surface area contributed by atoms with Crippen LogP contribution in [-0.2, 0) is 14.3 Å². The molecule has 3 aliphatic heterocycles. The van der Waals surface area contributed by atoms with Crippen molar-refractivity contribution in [1.82, 2.24) is 9.80 Å². The first-order valence-electron chi connectivity index (χ1n) is 9.42. The van der Waals surface area contributed by atoms with E-state index in [0.29, 0.717) is 12.5 Å². The van der Waals surface area contributed by atoms with E-state index >= 15 is 0 Å². The van der Waals surface area contributed by atoms with Crippen LogP contribution in [0.25, 0.3) is 0 Å². The van der Waals surface area contributed by atoms with Gasteiger partial charge in [0.25, 0.3) is 0 Å². The molecule has 3 aliphatic rings. The molecule has 4 rings (SSSR count). The molecule has 3 fully saturated rings. The Hall–Kier alpha value is -1.43. The molecule has 5 heteroatoms. The van der Waals surface area contributed by atoms with Gasteiger partial charge in [0, 0.05) is 39.2 Å². The van der Waals surface area contributed by atoms with Gasteiger partial charge in [-0.2, -0.15) is 0 Å². The van der Waals surface area contributed by atoms with E-state index in [1.165, 1.54) is 5.56 Å². The minimum absolute atomic E-state index is 0.0348. The lowest BCUT2D eigenvalue weighted by molar-refractivity contribution is -0.131. The van der Waals surface area contributed by atoms with Crippen LogP contribution in [0.2, 0.25) is 0 Å². The summed E-state index contributed by atoms with van der Waals surface area (Å²) in [5.41, 5.74) is 1.06. The van der Waals surface area contributed by atoms with Crippen LogP contribution in [0.5, 0.6) is 0 Å². The Morgan fingerprint density at radius 3 is 2.76 bits per heavy atom. The van der Waals surface area contributed by atoms with Gasteiger partial charge in [-0.3, -0.25) is 9.69 Å². The highest BCUT2D eigenvalue weighted by Gasteiger charge is 2.53. The fraction of sp³-hybridized carbons (Fsp3) is 0.650. The van der Waals surface area contributed by atoms with Crippen molar-refractivity contribution in [3.05, 3.63) is 35.9 Å². The maximum Gasteiger partial charge on any atom is 0.236 e. The van der Waals surface area contributed by atoms with Crippen LogP contribution in [0.3, 0.4) is 0 Å². The largest absolute Gasteiger partial charge is 0.377 e. The normalized spacial score (nSPS) is 32.8. The number of methoxy groups -OCH3 is 1. The second-order valence-corrected chi connectivity index (χ2v) is 7.67. The summed E-state index contributed by atoms with van der Waals surface area (Å²) in [6.07, 6.45) is 3.27. The van der Waals surface area contributed by atoms with E-state index in [0.717, 1.165) is 52.0 Å². The number of ether oxygens (including phenoxy) is 2. The third kappa shape index (κ3) is 3.33. The first-order chi connectivity index (χ1) is 12.2. The van der Waals surface area contributed by atoms with E-state index < -0.39 is 0 Å². The lowest BCUT2D eigenvalue weighted by Gasteiger charge is -2.28. The van der Waals surface area contributed by atoms with Crippen LogP contribution in [-0.4, -0.2) is 73.9 Å². The summed E-state index contributed by atoms with van der Waals surface area (Å²) in [6.45, 7) is 4.61. The van der Waals surface area contributed by atoms with Crippen molar-refractivity contribution in [1.29, 1.82) is 0 Å². The van der Waals surface area contributed by atoms with Crippen molar-refractivity contribution in [2.45, 2.75) is 36.9 Å². The van der Waals surface area contributed by atoms with Gasteiger partial charge in [-0.15, -0.1) is 0 Å². The fourth-order valence-corrected chi connectivity index (χ4v) is 4.69. The zero-order valence-electron chi connectivity index (χ0n) is 15.0. The maximum absolute atomic E-state index is 12.5. The van der Waals surface area contributed by atoms with Crippen LogP contribution < -0.4 is 0 Å². The lowest BCUT2D eigenvalue weighted by atomic mass is 9.87. The quantitative estimate of drug-likeness (QED) is 0.836. The molecular formula is C20H28N2O3. The van der Waals surface area contributed by atoms with E-state index in [2.05, 4.69) is 29.2 Å². The molecule has 0 aromatic heterocycles. The summed E-state index contributed by atoms with van der Waals surface area (Å²) in [5.74, 6) is 0.662. The first-order valence-corrected chi connectivity index (χ1v) is 9.42. The molecular weight excluding hydrogens is 316 g/mol. The molecule has 0 radical (unpaired) electrons. The van der Waals surface area contributed by atoms with Crippen LogP contribution in [0.1, 0.15) is 30.7 Å².